The van der Waals surface area contributed by atoms with Crippen LogP contribution in [0.3, 0.4) is 0 Å². The second kappa shape index (κ2) is 7.73. The fourth-order valence-corrected chi connectivity index (χ4v) is 3.80. The Morgan fingerprint density at radius 3 is 2.32 bits per heavy atom. The highest BCUT2D eigenvalue weighted by atomic mass is 16.5. The molecule has 3 heteroatoms. The molecule has 0 aliphatic carbocycles. The third-order valence-corrected chi connectivity index (χ3v) is 5.09. The normalized spacial score (nSPS) is 19.8. The molecule has 0 aromatic heterocycles. The van der Waals surface area contributed by atoms with Crippen LogP contribution in [0.1, 0.15) is 43.9 Å². The molecule has 25 heavy (non-hydrogen) atoms. The number of ether oxygens (including phenoxy) is 1. The zero-order valence-electron chi connectivity index (χ0n) is 15.3. The second-order valence-corrected chi connectivity index (χ2v) is 7.04. The van der Waals surface area contributed by atoms with E-state index in [9.17, 15) is 4.79 Å². The van der Waals surface area contributed by atoms with Gasteiger partial charge in [0.15, 0.2) is 0 Å². The van der Waals surface area contributed by atoms with E-state index in [1.165, 1.54) is 11.1 Å². The fraction of sp³-hybridized carbons (Fsp3) is 0.409. The van der Waals surface area contributed by atoms with Crippen LogP contribution in [0.15, 0.2) is 54.6 Å². The largest absolute Gasteiger partial charge is 0.497 e. The molecule has 3 nitrogen and oxygen atoms in total. The predicted molar refractivity (Wildman–Crippen MR) is 101 cm³/mol. The maximum atomic E-state index is 12.7. The number of methoxy groups -OCH3 is 1. The SMILES string of the molecule is COc1ccc([C@H]2[C@H](CCCc3ccccc3)C(=O)N2C(C)C)cc1. The average Bonchev–Trinajstić information content (AvgIpc) is 2.63. The molecule has 1 amide bonds. The molecular formula is C22H27NO2. The maximum absolute atomic E-state index is 12.7. The number of β-lactam (4-membered cyclic amide) rings is 1. The van der Waals surface area contributed by atoms with E-state index in [0.29, 0.717) is 5.91 Å². The second-order valence-electron chi connectivity index (χ2n) is 7.04. The van der Waals surface area contributed by atoms with Gasteiger partial charge in [0.2, 0.25) is 5.91 Å². The number of hydrogen-bond donors (Lipinski definition) is 0. The van der Waals surface area contributed by atoms with Crippen molar-refractivity contribution in [1.82, 2.24) is 4.90 Å². The highest BCUT2D eigenvalue weighted by Gasteiger charge is 2.48. The van der Waals surface area contributed by atoms with Crippen molar-refractivity contribution in [2.45, 2.75) is 45.2 Å². The zero-order valence-corrected chi connectivity index (χ0v) is 15.3. The molecule has 1 saturated heterocycles. The average molecular weight is 337 g/mol. The first-order valence-corrected chi connectivity index (χ1v) is 9.12. The lowest BCUT2D eigenvalue weighted by Crippen LogP contribution is -2.57. The molecule has 2 atom stereocenters. The van der Waals surface area contributed by atoms with Gasteiger partial charge in [0.1, 0.15) is 5.75 Å². The van der Waals surface area contributed by atoms with E-state index in [1.54, 1.807) is 7.11 Å². The first-order valence-electron chi connectivity index (χ1n) is 9.12. The monoisotopic (exact) mass is 337 g/mol. The molecule has 1 fully saturated rings. The third kappa shape index (κ3) is 3.71. The van der Waals surface area contributed by atoms with Gasteiger partial charge in [0.25, 0.3) is 0 Å². The molecule has 1 heterocycles. The lowest BCUT2D eigenvalue weighted by molar-refractivity contribution is -0.161. The summed E-state index contributed by atoms with van der Waals surface area (Å²) in [5.74, 6) is 1.24. The van der Waals surface area contributed by atoms with E-state index in [4.69, 9.17) is 4.74 Å². The van der Waals surface area contributed by atoms with Crippen molar-refractivity contribution in [2.75, 3.05) is 7.11 Å². The minimum atomic E-state index is 0.0968. The number of carbonyl (C=O) groups excluding carboxylic acids is 1. The van der Waals surface area contributed by atoms with Gasteiger partial charge in [0.05, 0.1) is 19.1 Å². The molecule has 0 bridgehead atoms. The molecule has 2 aromatic rings. The van der Waals surface area contributed by atoms with Crippen LogP contribution in [0.5, 0.6) is 5.75 Å². The lowest BCUT2D eigenvalue weighted by atomic mass is 9.78. The number of amides is 1. The van der Waals surface area contributed by atoms with Crippen LogP contribution in [0, 0.1) is 5.92 Å². The Morgan fingerprint density at radius 2 is 1.72 bits per heavy atom. The highest BCUT2D eigenvalue weighted by molar-refractivity contribution is 5.86. The van der Waals surface area contributed by atoms with Crippen LogP contribution in [0.2, 0.25) is 0 Å². The van der Waals surface area contributed by atoms with E-state index < -0.39 is 0 Å². The van der Waals surface area contributed by atoms with Crippen molar-refractivity contribution < 1.29 is 9.53 Å². The van der Waals surface area contributed by atoms with Gasteiger partial charge in [-0.25, -0.2) is 0 Å². The first-order chi connectivity index (χ1) is 12.1. The van der Waals surface area contributed by atoms with E-state index >= 15 is 0 Å². The van der Waals surface area contributed by atoms with Crippen molar-refractivity contribution in [3.05, 3.63) is 65.7 Å². The lowest BCUT2D eigenvalue weighted by Gasteiger charge is -2.50. The topological polar surface area (TPSA) is 29.5 Å². The van der Waals surface area contributed by atoms with E-state index in [2.05, 4.69) is 50.2 Å². The summed E-state index contributed by atoms with van der Waals surface area (Å²) in [6, 6.07) is 19.1. The van der Waals surface area contributed by atoms with Gasteiger partial charge < -0.3 is 9.64 Å². The van der Waals surface area contributed by atoms with Gasteiger partial charge in [-0.1, -0.05) is 42.5 Å². The molecule has 0 saturated carbocycles. The van der Waals surface area contributed by atoms with Gasteiger partial charge in [-0.15, -0.1) is 0 Å². The number of benzene rings is 2. The van der Waals surface area contributed by atoms with Gasteiger partial charge in [-0.2, -0.15) is 0 Å². The molecule has 1 aliphatic heterocycles. The smallest absolute Gasteiger partial charge is 0.228 e. The maximum Gasteiger partial charge on any atom is 0.228 e. The summed E-state index contributed by atoms with van der Waals surface area (Å²) in [6.45, 7) is 4.18. The van der Waals surface area contributed by atoms with Crippen LogP contribution < -0.4 is 4.74 Å². The van der Waals surface area contributed by atoms with E-state index in [0.717, 1.165) is 25.0 Å². The van der Waals surface area contributed by atoms with Crippen molar-refractivity contribution in [2.24, 2.45) is 5.92 Å². The van der Waals surface area contributed by atoms with Crippen molar-refractivity contribution in [1.29, 1.82) is 0 Å². The molecule has 2 aromatic carbocycles. The van der Waals surface area contributed by atoms with Crippen LogP contribution >= 0.6 is 0 Å². The Labute approximate surface area is 150 Å². The van der Waals surface area contributed by atoms with Crippen LogP contribution in [0.25, 0.3) is 0 Å². The van der Waals surface area contributed by atoms with Crippen molar-refractivity contribution >= 4 is 5.91 Å². The molecule has 132 valence electrons. The summed E-state index contributed by atoms with van der Waals surface area (Å²) in [4.78, 5) is 14.7. The standard InChI is InChI=1S/C22H27NO2/c1-16(2)23-21(18-12-14-19(25-3)15-13-18)20(22(23)24)11-7-10-17-8-5-4-6-9-17/h4-6,8-9,12-16,20-21H,7,10-11H2,1-3H3/t20-,21-/m0/s1. The summed E-state index contributed by atoms with van der Waals surface area (Å²) < 4.78 is 5.26. The number of nitrogens with zero attached hydrogens (tertiary/aromatic N) is 1. The van der Waals surface area contributed by atoms with Crippen LogP contribution in [0.4, 0.5) is 0 Å². The van der Waals surface area contributed by atoms with Gasteiger partial charge in [-0.05, 0) is 56.4 Å². The Bertz CT molecular complexity index is 694. The van der Waals surface area contributed by atoms with Gasteiger partial charge in [-0.3, -0.25) is 4.79 Å². The first kappa shape index (κ1) is 17.5. The van der Waals surface area contributed by atoms with Gasteiger partial charge >= 0.3 is 0 Å². The minimum Gasteiger partial charge on any atom is -0.497 e. The third-order valence-electron chi connectivity index (χ3n) is 5.09. The zero-order chi connectivity index (χ0) is 17.8. The minimum absolute atomic E-state index is 0.0968. The number of likely N-dealkylation sites (tertiary alicyclic amines) is 1. The molecule has 0 N–H and O–H groups in total. The molecular weight excluding hydrogens is 310 g/mol. The van der Waals surface area contributed by atoms with E-state index in [1.807, 2.05) is 23.1 Å². The predicted octanol–water partition coefficient (Wildman–Crippen LogP) is 4.63. The number of aryl methyl sites for hydroxylation is 1. The van der Waals surface area contributed by atoms with Crippen molar-refractivity contribution in [3.8, 4) is 5.75 Å². The summed E-state index contributed by atoms with van der Waals surface area (Å²) in [5, 5.41) is 0. The summed E-state index contributed by atoms with van der Waals surface area (Å²) >= 11 is 0. The summed E-state index contributed by atoms with van der Waals surface area (Å²) in [5.41, 5.74) is 2.55. The highest BCUT2D eigenvalue weighted by Crippen LogP contribution is 2.44. The summed E-state index contributed by atoms with van der Waals surface area (Å²) in [6.07, 6.45) is 3.01. The Balaban J connectivity index is 1.69. The Morgan fingerprint density at radius 1 is 1.04 bits per heavy atom. The Kier molecular flexibility index (Phi) is 5.42. The molecule has 0 unspecified atom stereocenters. The van der Waals surface area contributed by atoms with Crippen molar-refractivity contribution in [3.63, 3.8) is 0 Å². The Hall–Kier alpha value is -2.29. The number of carbonyl (C=O) groups is 1. The molecule has 3 rings (SSSR count). The van der Waals surface area contributed by atoms with E-state index in [-0.39, 0.29) is 18.0 Å². The number of rotatable bonds is 7. The van der Waals surface area contributed by atoms with Gasteiger partial charge in [0, 0.05) is 6.04 Å². The fourth-order valence-electron chi connectivity index (χ4n) is 3.80. The quantitative estimate of drug-likeness (QED) is 0.690. The van der Waals surface area contributed by atoms with Crippen LogP contribution in [-0.4, -0.2) is 24.0 Å². The number of hydrogen-bond acceptors (Lipinski definition) is 2. The molecule has 1 aliphatic rings. The summed E-state index contributed by atoms with van der Waals surface area (Å²) in [7, 11) is 1.68. The molecule has 0 radical (unpaired) electrons. The molecule has 0 spiro atoms. The van der Waals surface area contributed by atoms with Crippen LogP contribution in [-0.2, 0) is 11.2 Å².